The predicted octanol–water partition coefficient (Wildman–Crippen LogP) is 2.55. The zero-order chi connectivity index (χ0) is 12.1. The fourth-order valence-electron chi connectivity index (χ4n) is 1.38. The Kier molecular flexibility index (Phi) is 4.96. The van der Waals surface area contributed by atoms with Gasteiger partial charge >= 0.3 is 0 Å². The summed E-state index contributed by atoms with van der Waals surface area (Å²) in [7, 11) is 1.84. The molecule has 88 valence electrons. The lowest BCUT2D eigenvalue weighted by Gasteiger charge is -2.13. The fourth-order valence-corrected chi connectivity index (χ4v) is 1.74. The molecule has 1 aromatic carbocycles. The van der Waals surface area contributed by atoms with Gasteiger partial charge in [0.1, 0.15) is 0 Å². The largest absolute Gasteiger partial charge is 0.326 e. The molecule has 16 heavy (non-hydrogen) atoms. The summed E-state index contributed by atoms with van der Waals surface area (Å²) < 4.78 is 0.967. The quantitative estimate of drug-likeness (QED) is 0.892. The van der Waals surface area contributed by atoms with Gasteiger partial charge in [0.15, 0.2) is 0 Å². The molecule has 0 fully saturated rings. The topological polar surface area (TPSA) is 41.1 Å². The summed E-state index contributed by atoms with van der Waals surface area (Å²) >= 11 is 3.39. The maximum atomic E-state index is 11.8. The Hall–Kier alpha value is -0.870. The molecule has 3 nitrogen and oxygen atoms in total. The van der Waals surface area contributed by atoms with E-state index in [0.29, 0.717) is 6.54 Å². The number of benzene rings is 1. The minimum Gasteiger partial charge on any atom is -0.326 e. The number of nitrogens with one attached hydrogen (secondary N) is 2. The summed E-state index contributed by atoms with van der Waals surface area (Å²) in [6, 6.07) is 5.85. The van der Waals surface area contributed by atoms with Crippen LogP contribution < -0.4 is 10.6 Å². The summed E-state index contributed by atoms with van der Waals surface area (Å²) in [5.74, 6) is -0.000989. The molecule has 1 unspecified atom stereocenters. The number of halogens is 1. The van der Waals surface area contributed by atoms with Crippen molar-refractivity contribution >= 4 is 27.5 Å². The molecule has 1 rings (SSSR count). The van der Waals surface area contributed by atoms with Crippen LogP contribution >= 0.6 is 15.9 Å². The number of amides is 1. The van der Waals surface area contributed by atoms with E-state index in [1.165, 1.54) is 0 Å². The highest BCUT2D eigenvalue weighted by Crippen LogP contribution is 2.21. The molecule has 0 aliphatic heterocycles. The van der Waals surface area contributed by atoms with Crippen LogP contribution in [0.4, 0.5) is 5.69 Å². The number of carbonyl (C=O) groups excluding carboxylic acids is 1. The van der Waals surface area contributed by atoms with Crippen LogP contribution in [0.1, 0.15) is 12.5 Å². The maximum absolute atomic E-state index is 11.8. The van der Waals surface area contributed by atoms with Gasteiger partial charge in [-0.15, -0.1) is 0 Å². The molecule has 0 aliphatic carbocycles. The summed E-state index contributed by atoms with van der Waals surface area (Å²) in [5, 5.41) is 5.92. The van der Waals surface area contributed by atoms with E-state index >= 15 is 0 Å². The second-order valence-corrected chi connectivity index (χ2v) is 4.82. The van der Waals surface area contributed by atoms with E-state index in [0.717, 1.165) is 15.7 Å². The summed E-state index contributed by atoms with van der Waals surface area (Å²) in [4.78, 5) is 11.8. The summed E-state index contributed by atoms with van der Waals surface area (Å²) in [5.41, 5.74) is 1.93. The van der Waals surface area contributed by atoms with Gasteiger partial charge in [0.25, 0.3) is 0 Å². The highest BCUT2D eigenvalue weighted by molar-refractivity contribution is 9.10. The number of aryl methyl sites for hydroxylation is 1. The molecule has 2 N–H and O–H groups in total. The first-order valence-electron chi connectivity index (χ1n) is 5.26. The van der Waals surface area contributed by atoms with Crippen LogP contribution in [0.5, 0.6) is 0 Å². The summed E-state index contributed by atoms with van der Waals surface area (Å²) in [6.45, 7) is 4.56. The SMILES string of the molecule is CNCC(C)C(=O)Nc1cc(Br)ccc1C. The smallest absolute Gasteiger partial charge is 0.228 e. The van der Waals surface area contributed by atoms with Crippen molar-refractivity contribution in [3.63, 3.8) is 0 Å². The third kappa shape index (κ3) is 3.61. The maximum Gasteiger partial charge on any atom is 0.228 e. The minimum absolute atomic E-state index is 0.0375. The Bertz CT molecular complexity index is 379. The van der Waals surface area contributed by atoms with Gasteiger partial charge < -0.3 is 10.6 Å². The molecular weight excluding hydrogens is 268 g/mol. The predicted molar refractivity (Wildman–Crippen MR) is 70.6 cm³/mol. The molecular formula is C12H17BrN2O. The number of hydrogen-bond acceptors (Lipinski definition) is 2. The van der Waals surface area contributed by atoms with Gasteiger partial charge in [-0.05, 0) is 31.7 Å². The van der Waals surface area contributed by atoms with Crippen molar-refractivity contribution in [2.45, 2.75) is 13.8 Å². The third-order valence-corrected chi connectivity index (χ3v) is 2.91. The first kappa shape index (κ1) is 13.2. The lowest BCUT2D eigenvalue weighted by atomic mass is 10.1. The minimum atomic E-state index is -0.0385. The zero-order valence-electron chi connectivity index (χ0n) is 9.80. The second kappa shape index (κ2) is 6.01. The molecule has 0 heterocycles. The van der Waals surface area contributed by atoms with Crippen LogP contribution in [-0.4, -0.2) is 19.5 Å². The molecule has 0 saturated carbocycles. The van der Waals surface area contributed by atoms with E-state index < -0.39 is 0 Å². The molecule has 0 spiro atoms. The van der Waals surface area contributed by atoms with Crippen LogP contribution in [-0.2, 0) is 4.79 Å². The molecule has 1 aromatic rings. The third-order valence-electron chi connectivity index (χ3n) is 2.42. The van der Waals surface area contributed by atoms with Crippen molar-refractivity contribution in [3.05, 3.63) is 28.2 Å². The van der Waals surface area contributed by atoms with Gasteiger partial charge in [0.05, 0.1) is 0 Å². The molecule has 0 saturated heterocycles. The monoisotopic (exact) mass is 284 g/mol. The average Bonchev–Trinajstić information content (AvgIpc) is 2.23. The molecule has 0 aliphatic rings. The van der Waals surface area contributed by atoms with Gasteiger partial charge in [-0.3, -0.25) is 4.79 Å². The van der Waals surface area contributed by atoms with Crippen molar-refractivity contribution in [3.8, 4) is 0 Å². The van der Waals surface area contributed by atoms with Gasteiger partial charge in [0.2, 0.25) is 5.91 Å². The number of anilines is 1. The molecule has 0 bridgehead atoms. The number of rotatable bonds is 4. The highest BCUT2D eigenvalue weighted by Gasteiger charge is 2.12. The van der Waals surface area contributed by atoms with Gasteiger partial charge in [-0.2, -0.15) is 0 Å². The number of hydrogen-bond donors (Lipinski definition) is 2. The van der Waals surface area contributed by atoms with Crippen molar-refractivity contribution in [2.75, 3.05) is 18.9 Å². The second-order valence-electron chi connectivity index (χ2n) is 3.91. The van der Waals surface area contributed by atoms with Crippen LogP contribution in [0, 0.1) is 12.8 Å². The van der Waals surface area contributed by atoms with E-state index in [1.54, 1.807) is 0 Å². The van der Waals surface area contributed by atoms with E-state index in [9.17, 15) is 4.79 Å². The van der Waals surface area contributed by atoms with E-state index in [4.69, 9.17) is 0 Å². The Morgan fingerprint density at radius 3 is 2.81 bits per heavy atom. The van der Waals surface area contributed by atoms with Crippen LogP contribution in [0.3, 0.4) is 0 Å². The Balaban J connectivity index is 2.72. The Morgan fingerprint density at radius 1 is 1.50 bits per heavy atom. The normalized spacial score (nSPS) is 12.2. The molecule has 1 atom stereocenters. The van der Waals surface area contributed by atoms with Crippen molar-refractivity contribution < 1.29 is 4.79 Å². The highest BCUT2D eigenvalue weighted by atomic mass is 79.9. The molecule has 1 amide bonds. The molecule has 0 aromatic heterocycles. The number of carbonyl (C=O) groups is 1. The lowest BCUT2D eigenvalue weighted by molar-refractivity contribution is -0.119. The van der Waals surface area contributed by atoms with Gasteiger partial charge in [-0.1, -0.05) is 28.9 Å². The standard InChI is InChI=1S/C12H17BrN2O/c1-8-4-5-10(13)6-11(8)15-12(16)9(2)7-14-3/h4-6,9,14H,7H2,1-3H3,(H,15,16). The van der Waals surface area contributed by atoms with E-state index in [2.05, 4.69) is 26.6 Å². The first-order chi connectivity index (χ1) is 7.54. The van der Waals surface area contributed by atoms with Gasteiger partial charge in [-0.25, -0.2) is 0 Å². The lowest BCUT2D eigenvalue weighted by Crippen LogP contribution is -2.28. The van der Waals surface area contributed by atoms with Crippen LogP contribution in [0.2, 0.25) is 0 Å². The Morgan fingerprint density at radius 2 is 2.19 bits per heavy atom. The average molecular weight is 285 g/mol. The molecule has 0 radical (unpaired) electrons. The van der Waals surface area contributed by atoms with Gasteiger partial charge in [0, 0.05) is 22.6 Å². The zero-order valence-corrected chi connectivity index (χ0v) is 11.4. The summed E-state index contributed by atoms with van der Waals surface area (Å²) in [6.07, 6.45) is 0. The first-order valence-corrected chi connectivity index (χ1v) is 6.05. The van der Waals surface area contributed by atoms with Crippen LogP contribution in [0.25, 0.3) is 0 Å². The van der Waals surface area contributed by atoms with Crippen molar-refractivity contribution in [1.82, 2.24) is 5.32 Å². The van der Waals surface area contributed by atoms with Crippen molar-refractivity contribution in [2.24, 2.45) is 5.92 Å². The fraction of sp³-hybridized carbons (Fsp3) is 0.417. The molecule has 4 heteroatoms. The van der Waals surface area contributed by atoms with Crippen LogP contribution in [0.15, 0.2) is 22.7 Å². The van der Waals surface area contributed by atoms with E-state index in [1.807, 2.05) is 39.1 Å². The van der Waals surface area contributed by atoms with Crippen molar-refractivity contribution in [1.29, 1.82) is 0 Å². The Labute approximate surface area is 105 Å². The van der Waals surface area contributed by atoms with E-state index in [-0.39, 0.29) is 11.8 Å².